The van der Waals surface area contributed by atoms with Crippen molar-refractivity contribution in [1.82, 2.24) is 0 Å². The maximum absolute atomic E-state index is 10.3. The van der Waals surface area contributed by atoms with E-state index in [0.717, 1.165) is 15.3 Å². The van der Waals surface area contributed by atoms with Gasteiger partial charge in [-0.2, -0.15) is 0 Å². The highest BCUT2D eigenvalue weighted by Gasteiger charge is 2.15. The van der Waals surface area contributed by atoms with Crippen molar-refractivity contribution in [2.24, 2.45) is 0 Å². The number of aliphatic hydroxyl groups excluding tert-OH is 1. The van der Waals surface area contributed by atoms with Crippen LogP contribution in [0.15, 0.2) is 40.6 Å². The van der Waals surface area contributed by atoms with E-state index in [0.29, 0.717) is 0 Å². The Morgan fingerprint density at radius 2 is 2.12 bits per heavy atom. The van der Waals surface area contributed by atoms with Crippen LogP contribution in [0, 0.1) is 6.92 Å². The molecule has 1 atom stereocenters. The van der Waals surface area contributed by atoms with Gasteiger partial charge in [-0.3, -0.25) is 0 Å². The summed E-state index contributed by atoms with van der Waals surface area (Å²) >= 11 is 3.27. The molecule has 1 heterocycles. The first-order chi connectivity index (χ1) is 7.72. The molecule has 0 radical (unpaired) electrons. The van der Waals surface area contributed by atoms with Crippen LogP contribution < -0.4 is 0 Å². The molecule has 84 valence electrons. The zero-order chi connectivity index (χ0) is 11.5. The van der Waals surface area contributed by atoms with Gasteiger partial charge >= 0.3 is 0 Å². The maximum atomic E-state index is 10.3. The van der Waals surface area contributed by atoms with Crippen LogP contribution in [0.1, 0.15) is 22.1 Å². The lowest BCUT2D eigenvalue weighted by Crippen LogP contribution is -1.99. The summed E-state index contributed by atoms with van der Waals surface area (Å²) in [6.45, 7) is 2.05. The molecule has 0 fully saturated rings. The minimum atomic E-state index is -0.498. The SMILES string of the molecule is CSc1ccc(C)cc1C(O)c1cccs1. The van der Waals surface area contributed by atoms with E-state index < -0.39 is 6.10 Å². The van der Waals surface area contributed by atoms with Crippen LogP contribution in [0.3, 0.4) is 0 Å². The van der Waals surface area contributed by atoms with Gasteiger partial charge in [0.25, 0.3) is 0 Å². The normalized spacial score (nSPS) is 12.7. The van der Waals surface area contributed by atoms with E-state index in [-0.39, 0.29) is 0 Å². The molecule has 0 spiro atoms. The number of hydrogen-bond donors (Lipinski definition) is 1. The van der Waals surface area contributed by atoms with E-state index >= 15 is 0 Å². The third kappa shape index (κ3) is 2.32. The quantitative estimate of drug-likeness (QED) is 0.835. The summed E-state index contributed by atoms with van der Waals surface area (Å²) in [5, 5.41) is 12.3. The number of hydrogen-bond acceptors (Lipinski definition) is 3. The topological polar surface area (TPSA) is 20.2 Å². The van der Waals surface area contributed by atoms with Crippen LogP contribution in [0.4, 0.5) is 0 Å². The highest BCUT2D eigenvalue weighted by molar-refractivity contribution is 7.98. The smallest absolute Gasteiger partial charge is 0.114 e. The van der Waals surface area contributed by atoms with Crippen molar-refractivity contribution < 1.29 is 5.11 Å². The lowest BCUT2D eigenvalue weighted by Gasteiger charge is -2.13. The zero-order valence-corrected chi connectivity index (χ0v) is 10.9. The third-order valence-corrected chi connectivity index (χ3v) is 4.23. The molecule has 1 aromatic carbocycles. The first kappa shape index (κ1) is 11.7. The van der Waals surface area contributed by atoms with Gasteiger partial charge in [-0.25, -0.2) is 0 Å². The minimum absolute atomic E-state index is 0.498. The maximum Gasteiger partial charge on any atom is 0.114 e. The summed E-state index contributed by atoms with van der Waals surface area (Å²) in [7, 11) is 0. The molecular weight excluding hydrogens is 236 g/mol. The Labute approximate surface area is 104 Å². The fraction of sp³-hybridized carbons (Fsp3) is 0.231. The van der Waals surface area contributed by atoms with Crippen LogP contribution in [0.2, 0.25) is 0 Å². The van der Waals surface area contributed by atoms with Gasteiger partial charge in [0, 0.05) is 9.77 Å². The summed E-state index contributed by atoms with van der Waals surface area (Å²) in [6.07, 6.45) is 1.54. The number of aryl methyl sites for hydroxylation is 1. The number of benzene rings is 1. The van der Waals surface area contributed by atoms with Crippen molar-refractivity contribution in [3.05, 3.63) is 51.7 Å². The average Bonchev–Trinajstić information content (AvgIpc) is 2.81. The summed E-state index contributed by atoms with van der Waals surface area (Å²) in [4.78, 5) is 2.15. The lowest BCUT2D eigenvalue weighted by molar-refractivity contribution is 0.221. The van der Waals surface area contributed by atoms with Gasteiger partial charge in [0.2, 0.25) is 0 Å². The predicted molar refractivity (Wildman–Crippen MR) is 71.3 cm³/mol. The summed E-state index contributed by atoms with van der Waals surface area (Å²) in [5.41, 5.74) is 2.19. The van der Waals surface area contributed by atoms with Gasteiger partial charge in [0.05, 0.1) is 0 Å². The molecule has 1 nitrogen and oxygen atoms in total. The Morgan fingerprint density at radius 1 is 1.31 bits per heavy atom. The molecule has 0 saturated heterocycles. The molecule has 1 aromatic heterocycles. The van der Waals surface area contributed by atoms with Gasteiger partial charge in [-0.15, -0.1) is 23.1 Å². The molecule has 0 amide bonds. The minimum Gasteiger partial charge on any atom is -0.383 e. The van der Waals surface area contributed by atoms with Crippen LogP contribution in [-0.4, -0.2) is 11.4 Å². The number of thiophene rings is 1. The molecule has 3 heteroatoms. The standard InChI is InChI=1S/C13H14OS2/c1-9-5-6-11(15-2)10(8-9)13(14)12-4-3-7-16-12/h3-8,13-14H,1-2H3. The van der Waals surface area contributed by atoms with E-state index in [1.54, 1.807) is 23.1 Å². The molecule has 2 aromatic rings. The third-order valence-electron chi connectivity index (χ3n) is 2.49. The zero-order valence-electron chi connectivity index (χ0n) is 9.31. The first-order valence-electron chi connectivity index (χ1n) is 5.08. The fourth-order valence-electron chi connectivity index (χ4n) is 1.67. The first-order valence-corrected chi connectivity index (χ1v) is 7.19. The molecule has 16 heavy (non-hydrogen) atoms. The van der Waals surface area contributed by atoms with Gasteiger partial charge in [-0.1, -0.05) is 23.8 Å². The highest BCUT2D eigenvalue weighted by atomic mass is 32.2. The molecule has 0 saturated carbocycles. The second kappa shape index (κ2) is 5.04. The largest absolute Gasteiger partial charge is 0.383 e. The molecule has 2 rings (SSSR count). The van der Waals surface area contributed by atoms with Gasteiger partial charge in [0.15, 0.2) is 0 Å². The van der Waals surface area contributed by atoms with Gasteiger partial charge < -0.3 is 5.11 Å². The van der Waals surface area contributed by atoms with Crippen molar-refractivity contribution in [2.75, 3.05) is 6.26 Å². The van der Waals surface area contributed by atoms with Crippen molar-refractivity contribution in [3.8, 4) is 0 Å². The Bertz CT molecular complexity index is 463. The summed E-state index contributed by atoms with van der Waals surface area (Å²) in [6, 6.07) is 10.2. The molecule has 0 bridgehead atoms. The monoisotopic (exact) mass is 250 g/mol. The summed E-state index contributed by atoms with van der Waals surface area (Å²) in [5.74, 6) is 0. The molecule has 0 aliphatic heterocycles. The summed E-state index contributed by atoms with van der Waals surface area (Å²) < 4.78 is 0. The second-order valence-electron chi connectivity index (χ2n) is 3.66. The Kier molecular flexibility index (Phi) is 3.69. The van der Waals surface area contributed by atoms with Crippen molar-refractivity contribution in [2.45, 2.75) is 17.9 Å². The molecular formula is C13H14OS2. The van der Waals surface area contributed by atoms with Crippen molar-refractivity contribution in [1.29, 1.82) is 0 Å². The van der Waals surface area contributed by atoms with Crippen LogP contribution in [-0.2, 0) is 0 Å². The van der Waals surface area contributed by atoms with E-state index in [1.807, 2.05) is 23.8 Å². The van der Waals surface area contributed by atoms with Gasteiger partial charge in [-0.05, 0) is 36.3 Å². The molecule has 1 unspecified atom stereocenters. The Hall–Kier alpha value is -0.770. The molecule has 0 aliphatic rings. The lowest BCUT2D eigenvalue weighted by atomic mass is 10.1. The van der Waals surface area contributed by atoms with E-state index in [9.17, 15) is 5.11 Å². The van der Waals surface area contributed by atoms with E-state index in [4.69, 9.17) is 0 Å². The van der Waals surface area contributed by atoms with Crippen LogP contribution >= 0.6 is 23.1 Å². The number of aliphatic hydroxyl groups is 1. The van der Waals surface area contributed by atoms with Crippen LogP contribution in [0.25, 0.3) is 0 Å². The van der Waals surface area contributed by atoms with Gasteiger partial charge in [0.1, 0.15) is 6.10 Å². The second-order valence-corrected chi connectivity index (χ2v) is 5.49. The molecule has 1 N–H and O–H groups in total. The van der Waals surface area contributed by atoms with Crippen molar-refractivity contribution in [3.63, 3.8) is 0 Å². The van der Waals surface area contributed by atoms with E-state index in [1.165, 1.54) is 5.56 Å². The average molecular weight is 250 g/mol. The highest BCUT2D eigenvalue weighted by Crippen LogP contribution is 2.32. The van der Waals surface area contributed by atoms with E-state index in [2.05, 4.69) is 25.1 Å². The number of thioether (sulfide) groups is 1. The fourth-order valence-corrected chi connectivity index (χ4v) is 3.01. The Balaban J connectivity index is 2.42. The number of rotatable bonds is 3. The Morgan fingerprint density at radius 3 is 2.75 bits per heavy atom. The van der Waals surface area contributed by atoms with Crippen molar-refractivity contribution >= 4 is 23.1 Å². The predicted octanol–water partition coefficient (Wildman–Crippen LogP) is 3.86. The molecule has 0 aliphatic carbocycles. The van der Waals surface area contributed by atoms with Crippen LogP contribution in [0.5, 0.6) is 0 Å².